The van der Waals surface area contributed by atoms with Crippen LogP contribution in [0.2, 0.25) is 5.02 Å². The monoisotopic (exact) mass is 569 g/mol. The maximum absolute atomic E-state index is 13.7. The number of nitrogens with one attached hydrogen (secondary N) is 1. The van der Waals surface area contributed by atoms with Gasteiger partial charge in [-0.25, -0.2) is 8.42 Å². The first-order valence-electron chi connectivity index (χ1n) is 12.1. The number of nitro groups is 1. The molecule has 37 heavy (non-hydrogen) atoms. The van der Waals surface area contributed by atoms with E-state index in [1.54, 1.807) is 0 Å². The molecule has 12 heteroatoms. The number of hydrogen-bond donors (Lipinski definition) is 1. The lowest BCUT2D eigenvalue weighted by Crippen LogP contribution is -2.41. The lowest BCUT2D eigenvalue weighted by molar-refractivity contribution is -0.385. The molecule has 2 aromatic rings. The van der Waals surface area contributed by atoms with Gasteiger partial charge in [0.25, 0.3) is 15.7 Å². The van der Waals surface area contributed by atoms with Gasteiger partial charge in [-0.05, 0) is 56.2 Å². The normalized spacial score (nSPS) is 14.2. The van der Waals surface area contributed by atoms with Crippen molar-refractivity contribution in [1.82, 2.24) is 5.32 Å². The van der Waals surface area contributed by atoms with Crippen LogP contribution in [0.1, 0.15) is 44.1 Å². The van der Waals surface area contributed by atoms with Crippen molar-refractivity contribution in [2.45, 2.75) is 55.6 Å². The highest BCUT2D eigenvalue weighted by molar-refractivity contribution is 7.99. The number of hydrogen-bond acceptors (Lipinski definition) is 7. The summed E-state index contributed by atoms with van der Waals surface area (Å²) in [6.07, 6.45) is 7.10. The molecule has 1 saturated carbocycles. The van der Waals surface area contributed by atoms with Crippen LogP contribution in [-0.4, -0.2) is 50.5 Å². The molecule has 1 aliphatic rings. The predicted molar refractivity (Wildman–Crippen MR) is 147 cm³/mol. The van der Waals surface area contributed by atoms with E-state index in [1.165, 1.54) is 76.5 Å². The number of ether oxygens (including phenoxy) is 1. The number of sulfonamides is 1. The smallest absolute Gasteiger partial charge is 0.273 e. The van der Waals surface area contributed by atoms with Crippen LogP contribution in [0.25, 0.3) is 0 Å². The Balaban J connectivity index is 1.79. The van der Waals surface area contributed by atoms with Gasteiger partial charge in [-0.2, -0.15) is 11.8 Å². The summed E-state index contributed by atoms with van der Waals surface area (Å²) in [5.41, 5.74) is 0.0416. The van der Waals surface area contributed by atoms with Crippen molar-refractivity contribution in [1.29, 1.82) is 0 Å². The Morgan fingerprint density at radius 2 is 1.95 bits per heavy atom. The Morgan fingerprint density at radius 1 is 1.22 bits per heavy atom. The van der Waals surface area contributed by atoms with E-state index >= 15 is 0 Å². The van der Waals surface area contributed by atoms with E-state index in [4.69, 9.17) is 16.3 Å². The van der Waals surface area contributed by atoms with Gasteiger partial charge in [-0.3, -0.25) is 19.2 Å². The Kier molecular flexibility index (Phi) is 10.5. The molecule has 0 bridgehead atoms. The molecule has 0 aromatic heterocycles. The third kappa shape index (κ3) is 7.75. The summed E-state index contributed by atoms with van der Waals surface area (Å²) in [5, 5.41) is 15.1. The Morgan fingerprint density at radius 3 is 2.62 bits per heavy atom. The highest BCUT2D eigenvalue weighted by Gasteiger charge is 2.31. The summed E-state index contributed by atoms with van der Waals surface area (Å²) in [5.74, 6) is 0.600. The molecule has 0 heterocycles. The number of aryl methyl sites for hydroxylation is 1. The summed E-state index contributed by atoms with van der Waals surface area (Å²) in [4.78, 5) is 23.3. The van der Waals surface area contributed by atoms with Gasteiger partial charge >= 0.3 is 0 Å². The van der Waals surface area contributed by atoms with Gasteiger partial charge in [0.05, 0.1) is 22.6 Å². The average molecular weight is 570 g/mol. The molecule has 202 valence electrons. The van der Waals surface area contributed by atoms with E-state index in [9.17, 15) is 23.3 Å². The Bertz CT molecular complexity index is 1220. The van der Waals surface area contributed by atoms with Crippen molar-refractivity contribution in [3.8, 4) is 5.75 Å². The first-order valence-corrected chi connectivity index (χ1v) is 15.0. The Labute approximate surface area is 227 Å². The zero-order valence-electron chi connectivity index (χ0n) is 20.9. The number of nitrogens with zero attached hydrogens (tertiary/aromatic N) is 2. The number of rotatable bonds is 12. The minimum Gasteiger partial charge on any atom is -0.495 e. The molecule has 1 fully saturated rings. The van der Waals surface area contributed by atoms with Gasteiger partial charge in [0.2, 0.25) is 5.91 Å². The molecule has 2 aromatic carbocycles. The topological polar surface area (TPSA) is 119 Å². The largest absolute Gasteiger partial charge is 0.495 e. The highest BCUT2D eigenvalue weighted by atomic mass is 35.5. The minimum absolute atomic E-state index is 0.0567. The molecule has 1 amide bonds. The van der Waals surface area contributed by atoms with Crippen LogP contribution in [0, 0.1) is 17.0 Å². The molecule has 3 rings (SSSR count). The van der Waals surface area contributed by atoms with E-state index in [0.29, 0.717) is 17.4 Å². The predicted octanol–water partition coefficient (Wildman–Crippen LogP) is 5.33. The maximum Gasteiger partial charge on any atom is 0.273 e. The van der Waals surface area contributed by atoms with E-state index < -0.39 is 27.4 Å². The zero-order chi connectivity index (χ0) is 27.0. The lowest BCUT2D eigenvalue weighted by Gasteiger charge is -2.26. The average Bonchev–Trinajstić information content (AvgIpc) is 2.87. The van der Waals surface area contributed by atoms with Crippen molar-refractivity contribution in [3.05, 3.63) is 57.1 Å². The number of benzene rings is 2. The first kappa shape index (κ1) is 29.1. The number of carbonyl (C=O) groups excluding carboxylic acids is 1. The maximum atomic E-state index is 13.7. The SMILES string of the molecule is COc1ccc(Cl)cc1N(CC(=O)NCCCSC1CCCCC1)S(=O)(=O)c1ccc(C)c([N+](=O)[O-])c1. The third-order valence-electron chi connectivity index (χ3n) is 6.21. The van der Waals surface area contributed by atoms with E-state index in [2.05, 4.69) is 5.32 Å². The highest BCUT2D eigenvalue weighted by Crippen LogP contribution is 2.35. The molecular formula is C25H32ClN3O6S2. The molecular weight excluding hydrogens is 538 g/mol. The van der Waals surface area contributed by atoms with Crippen LogP contribution in [0.5, 0.6) is 5.75 Å². The fraction of sp³-hybridized carbons (Fsp3) is 0.480. The van der Waals surface area contributed by atoms with Crippen LogP contribution >= 0.6 is 23.4 Å². The van der Waals surface area contributed by atoms with Crippen LogP contribution in [-0.2, 0) is 14.8 Å². The van der Waals surface area contributed by atoms with Crippen molar-refractivity contribution in [3.63, 3.8) is 0 Å². The first-order chi connectivity index (χ1) is 17.6. The number of carbonyl (C=O) groups is 1. The van der Waals surface area contributed by atoms with Crippen LogP contribution < -0.4 is 14.4 Å². The van der Waals surface area contributed by atoms with Crippen LogP contribution in [0.4, 0.5) is 11.4 Å². The van der Waals surface area contributed by atoms with Gasteiger partial charge in [-0.15, -0.1) is 0 Å². The minimum atomic E-state index is -4.40. The summed E-state index contributed by atoms with van der Waals surface area (Å²) in [6, 6.07) is 8.06. The standard InChI is InChI=1S/C25H32ClN3O6S2/c1-18-9-11-21(16-22(18)29(31)32)37(33,34)28(23-15-19(26)10-12-24(23)35-2)17-25(30)27-13-6-14-36-20-7-4-3-5-8-20/h9-12,15-16,20H,3-8,13-14,17H2,1-2H3,(H,27,30). The number of thioether (sulfide) groups is 1. The zero-order valence-corrected chi connectivity index (χ0v) is 23.3. The quantitative estimate of drug-likeness (QED) is 0.208. The molecule has 0 unspecified atom stereocenters. The summed E-state index contributed by atoms with van der Waals surface area (Å²) in [7, 11) is -3.02. The summed E-state index contributed by atoms with van der Waals surface area (Å²) in [6.45, 7) is 1.39. The van der Waals surface area contributed by atoms with Crippen molar-refractivity contribution >= 4 is 50.7 Å². The van der Waals surface area contributed by atoms with Crippen molar-refractivity contribution in [2.24, 2.45) is 0 Å². The third-order valence-corrected chi connectivity index (χ3v) is 9.67. The van der Waals surface area contributed by atoms with Crippen molar-refractivity contribution < 1.29 is 22.9 Å². The molecule has 0 saturated heterocycles. The number of amides is 1. The van der Waals surface area contributed by atoms with E-state index in [1.807, 2.05) is 11.8 Å². The van der Waals surface area contributed by atoms with E-state index in [-0.39, 0.29) is 27.0 Å². The van der Waals surface area contributed by atoms with Crippen LogP contribution in [0.3, 0.4) is 0 Å². The molecule has 0 atom stereocenters. The van der Waals surface area contributed by atoms with Gasteiger partial charge < -0.3 is 10.1 Å². The Hall–Kier alpha value is -2.50. The number of anilines is 1. The number of halogens is 1. The number of methoxy groups -OCH3 is 1. The lowest BCUT2D eigenvalue weighted by atomic mass is 10.0. The van der Waals surface area contributed by atoms with Crippen molar-refractivity contribution in [2.75, 3.05) is 30.3 Å². The fourth-order valence-corrected chi connectivity index (χ4v) is 7.12. The second-order valence-corrected chi connectivity index (χ2v) is 12.6. The van der Waals surface area contributed by atoms with Gasteiger partial charge in [0.1, 0.15) is 12.3 Å². The molecule has 0 spiro atoms. The van der Waals surface area contributed by atoms with Gasteiger partial charge in [0, 0.05) is 28.4 Å². The fourth-order valence-electron chi connectivity index (χ4n) is 4.20. The summed E-state index contributed by atoms with van der Waals surface area (Å²) >= 11 is 8.08. The van der Waals surface area contributed by atoms with Gasteiger partial charge in [0.15, 0.2) is 0 Å². The number of nitro benzene ring substituents is 1. The second kappa shape index (κ2) is 13.3. The van der Waals surface area contributed by atoms with Gasteiger partial charge in [-0.1, -0.05) is 36.9 Å². The molecule has 1 N–H and O–H groups in total. The molecule has 1 aliphatic carbocycles. The van der Waals surface area contributed by atoms with Crippen LogP contribution in [0.15, 0.2) is 41.3 Å². The second-order valence-electron chi connectivity index (χ2n) is 8.87. The molecule has 0 aliphatic heterocycles. The molecule has 9 nitrogen and oxygen atoms in total. The molecule has 0 radical (unpaired) electrons. The van der Waals surface area contributed by atoms with E-state index in [0.717, 1.165) is 22.5 Å². The summed E-state index contributed by atoms with van der Waals surface area (Å²) < 4.78 is 33.6.